The molecule has 0 aliphatic heterocycles. The van der Waals surface area contributed by atoms with Crippen molar-refractivity contribution in [1.82, 2.24) is 9.55 Å². The van der Waals surface area contributed by atoms with Gasteiger partial charge in [0.1, 0.15) is 5.82 Å². The van der Waals surface area contributed by atoms with E-state index in [2.05, 4.69) is 9.55 Å². The lowest BCUT2D eigenvalue weighted by atomic mass is 10.2. The number of carbonyl (C=O) groups is 1. The number of aryl methyl sites for hydroxylation is 1. The molecule has 0 unspecified atom stereocenters. The average molecular weight is 363 g/mol. The lowest BCUT2D eigenvalue weighted by molar-refractivity contribution is -0.137. The lowest BCUT2D eigenvalue weighted by Crippen LogP contribution is -2.06. The van der Waals surface area contributed by atoms with Gasteiger partial charge in [0.15, 0.2) is 0 Å². The molecule has 0 bridgehead atoms. The van der Waals surface area contributed by atoms with E-state index in [1.807, 2.05) is 36.4 Å². The van der Waals surface area contributed by atoms with Gasteiger partial charge >= 0.3 is 5.97 Å². The molecule has 6 heteroatoms. The highest BCUT2D eigenvalue weighted by Gasteiger charge is 2.14. The van der Waals surface area contributed by atoms with Crippen LogP contribution in [0.4, 0.5) is 0 Å². The van der Waals surface area contributed by atoms with Crippen molar-refractivity contribution in [2.24, 2.45) is 0 Å². The standard InChI is InChI=1S/C18H16Cl2N2O2/c19-13-9-15-16(10-14(13)20)22(11-12-5-2-1-3-6-12)17(21-15)7-4-8-18(23)24/h1-3,5-6,9-10H,4,7-8,11H2,(H,23,24). The first-order chi connectivity index (χ1) is 11.5. The molecule has 2 aromatic carbocycles. The van der Waals surface area contributed by atoms with Crippen LogP contribution in [0.3, 0.4) is 0 Å². The number of imidazole rings is 1. The summed E-state index contributed by atoms with van der Waals surface area (Å²) in [5.41, 5.74) is 2.81. The summed E-state index contributed by atoms with van der Waals surface area (Å²) in [7, 11) is 0. The van der Waals surface area contributed by atoms with Gasteiger partial charge < -0.3 is 9.67 Å². The second-order valence-corrected chi connectivity index (χ2v) is 6.42. The van der Waals surface area contributed by atoms with Gasteiger partial charge in [-0.25, -0.2) is 4.98 Å². The third kappa shape index (κ3) is 3.71. The van der Waals surface area contributed by atoms with Crippen molar-refractivity contribution in [2.75, 3.05) is 0 Å². The minimum Gasteiger partial charge on any atom is -0.481 e. The van der Waals surface area contributed by atoms with Gasteiger partial charge in [0.2, 0.25) is 0 Å². The summed E-state index contributed by atoms with van der Waals surface area (Å²) < 4.78 is 2.08. The van der Waals surface area contributed by atoms with E-state index < -0.39 is 5.97 Å². The van der Waals surface area contributed by atoms with Gasteiger partial charge in [-0.2, -0.15) is 0 Å². The fourth-order valence-electron chi connectivity index (χ4n) is 2.70. The summed E-state index contributed by atoms with van der Waals surface area (Å²) in [6.07, 6.45) is 1.24. The zero-order valence-electron chi connectivity index (χ0n) is 12.9. The van der Waals surface area contributed by atoms with Crippen molar-refractivity contribution >= 4 is 40.2 Å². The molecule has 0 saturated carbocycles. The maximum atomic E-state index is 10.8. The highest BCUT2D eigenvalue weighted by Crippen LogP contribution is 2.29. The Morgan fingerprint density at radius 3 is 2.54 bits per heavy atom. The van der Waals surface area contributed by atoms with E-state index in [1.165, 1.54) is 0 Å². The Bertz CT molecular complexity index is 876. The van der Waals surface area contributed by atoms with Crippen LogP contribution < -0.4 is 0 Å². The number of nitrogens with zero attached hydrogens (tertiary/aromatic N) is 2. The molecular formula is C18H16Cl2N2O2. The van der Waals surface area contributed by atoms with Crippen LogP contribution in [-0.2, 0) is 17.8 Å². The first kappa shape index (κ1) is 16.8. The topological polar surface area (TPSA) is 55.1 Å². The normalized spacial score (nSPS) is 11.1. The Morgan fingerprint density at radius 1 is 1.12 bits per heavy atom. The van der Waals surface area contributed by atoms with Gasteiger partial charge in [-0.05, 0) is 24.1 Å². The monoisotopic (exact) mass is 362 g/mol. The molecule has 0 spiro atoms. The van der Waals surface area contributed by atoms with E-state index in [9.17, 15) is 4.79 Å². The van der Waals surface area contributed by atoms with Crippen LogP contribution in [0.5, 0.6) is 0 Å². The number of halogens is 2. The summed E-state index contributed by atoms with van der Waals surface area (Å²) in [5.74, 6) is 0.0419. The molecule has 3 rings (SSSR count). The van der Waals surface area contributed by atoms with E-state index in [0.717, 1.165) is 22.4 Å². The van der Waals surface area contributed by atoms with Crippen LogP contribution in [0, 0.1) is 0 Å². The van der Waals surface area contributed by atoms with Crippen LogP contribution >= 0.6 is 23.2 Å². The Morgan fingerprint density at radius 2 is 1.83 bits per heavy atom. The molecule has 0 saturated heterocycles. The molecule has 0 amide bonds. The van der Waals surface area contributed by atoms with Crippen molar-refractivity contribution in [1.29, 1.82) is 0 Å². The van der Waals surface area contributed by atoms with E-state index in [1.54, 1.807) is 6.07 Å². The second kappa shape index (κ2) is 7.24. The van der Waals surface area contributed by atoms with E-state index in [0.29, 0.717) is 29.4 Å². The minimum atomic E-state index is -0.799. The molecule has 3 aromatic rings. The molecule has 1 heterocycles. The Hall–Kier alpha value is -2.04. The molecule has 4 nitrogen and oxygen atoms in total. The number of aliphatic carboxylic acids is 1. The first-order valence-corrected chi connectivity index (χ1v) is 8.40. The van der Waals surface area contributed by atoms with Crippen molar-refractivity contribution in [3.05, 3.63) is 63.9 Å². The van der Waals surface area contributed by atoms with E-state index >= 15 is 0 Å². The molecule has 0 atom stereocenters. The lowest BCUT2D eigenvalue weighted by Gasteiger charge is -2.09. The quantitative estimate of drug-likeness (QED) is 0.685. The van der Waals surface area contributed by atoms with Crippen LogP contribution in [0.25, 0.3) is 11.0 Å². The van der Waals surface area contributed by atoms with Gasteiger partial charge in [-0.15, -0.1) is 0 Å². The predicted molar refractivity (Wildman–Crippen MR) is 95.9 cm³/mol. The third-order valence-corrected chi connectivity index (χ3v) is 4.57. The number of rotatable bonds is 6. The number of benzene rings is 2. The average Bonchev–Trinajstić information content (AvgIpc) is 2.86. The van der Waals surface area contributed by atoms with Crippen LogP contribution in [0.2, 0.25) is 10.0 Å². The van der Waals surface area contributed by atoms with Gasteiger partial charge in [0.25, 0.3) is 0 Å². The van der Waals surface area contributed by atoms with Crippen molar-refractivity contribution < 1.29 is 9.90 Å². The van der Waals surface area contributed by atoms with Gasteiger partial charge in [-0.1, -0.05) is 53.5 Å². The smallest absolute Gasteiger partial charge is 0.303 e. The Labute approximate surface area is 149 Å². The van der Waals surface area contributed by atoms with Crippen LogP contribution in [-0.4, -0.2) is 20.6 Å². The van der Waals surface area contributed by atoms with E-state index in [-0.39, 0.29) is 6.42 Å². The molecule has 1 N–H and O–H groups in total. The SMILES string of the molecule is O=C(O)CCCc1nc2cc(Cl)c(Cl)cc2n1Cc1ccccc1. The molecule has 1 aromatic heterocycles. The first-order valence-electron chi connectivity index (χ1n) is 7.64. The van der Waals surface area contributed by atoms with Gasteiger partial charge in [0.05, 0.1) is 21.1 Å². The molecule has 0 fully saturated rings. The Kier molecular flexibility index (Phi) is 5.07. The number of carboxylic acid groups (broad SMARTS) is 1. The number of hydrogen-bond donors (Lipinski definition) is 1. The molecular weight excluding hydrogens is 347 g/mol. The molecule has 124 valence electrons. The third-order valence-electron chi connectivity index (χ3n) is 3.84. The summed E-state index contributed by atoms with van der Waals surface area (Å²) >= 11 is 12.3. The number of fused-ring (bicyclic) bond motifs is 1. The molecule has 0 aliphatic rings. The zero-order chi connectivity index (χ0) is 17.1. The highest BCUT2D eigenvalue weighted by molar-refractivity contribution is 6.42. The predicted octanol–water partition coefficient (Wildman–Crippen LogP) is 4.80. The van der Waals surface area contributed by atoms with Crippen LogP contribution in [0.15, 0.2) is 42.5 Å². The molecule has 24 heavy (non-hydrogen) atoms. The summed E-state index contributed by atoms with van der Waals surface area (Å²) in [4.78, 5) is 15.4. The van der Waals surface area contributed by atoms with Crippen molar-refractivity contribution in [3.63, 3.8) is 0 Å². The Balaban J connectivity index is 2.00. The van der Waals surface area contributed by atoms with E-state index in [4.69, 9.17) is 28.3 Å². The minimum absolute atomic E-state index is 0.121. The summed E-state index contributed by atoms with van der Waals surface area (Å²) in [6.45, 7) is 0.651. The number of carboxylic acids is 1. The van der Waals surface area contributed by atoms with Crippen molar-refractivity contribution in [3.8, 4) is 0 Å². The second-order valence-electron chi connectivity index (χ2n) is 5.60. The van der Waals surface area contributed by atoms with Crippen LogP contribution in [0.1, 0.15) is 24.2 Å². The number of hydrogen-bond acceptors (Lipinski definition) is 2. The fraction of sp³-hybridized carbons (Fsp3) is 0.222. The summed E-state index contributed by atoms with van der Waals surface area (Å²) in [5, 5.41) is 9.79. The molecule has 0 radical (unpaired) electrons. The maximum Gasteiger partial charge on any atom is 0.303 e. The maximum absolute atomic E-state index is 10.8. The number of aromatic nitrogens is 2. The molecule has 0 aliphatic carbocycles. The largest absolute Gasteiger partial charge is 0.481 e. The summed E-state index contributed by atoms with van der Waals surface area (Å²) in [6, 6.07) is 13.6. The fourth-order valence-corrected chi connectivity index (χ4v) is 3.02. The zero-order valence-corrected chi connectivity index (χ0v) is 14.4. The van der Waals surface area contributed by atoms with Crippen molar-refractivity contribution in [2.45, 2.75) is 25.8 Å². The van der Waals surface area contributed by atoms with Gasteiger partial charge in [-0.3, -0.25) is 4.79 Å². The highest BCUT2D eigenvalue weighted by atomic mass is 35.5. The van der Waals surface area contributed by atoms with Gasteiger partial charge in [0, 0.05) is 19.4 Å².